The Labute approximate surface area is 106 Å². The summed E-state index contributed by atoms with van der Waals surface area (Å²) in [5.41, 5.74) is 1.03. The van der Waals surface area contributed by atoms with Crippen LogP contribution in [0.3, 0.4) is 0 Å². The molecule has 1 aliphatic rings. The molecule has 1 aliphatic heterocycles. The maximum atomic E-state index is 12.2. The number of aryl methyl sites for hydroxylation is 1. The molecule has 2 rings (SSSR count). The van der Waals surface area contributed by atoms with E-state index in [0.29, 0.717) is 11.4 Å². The van der Waals surface area contributed by atoms with Crippen LogP contribution in [-0.2, 0) is 7.05 Å². The van der Waals surface area contributed by atoms with Gasteiger partial charge in [-0.2, -0.15) is 4.57 Å². The molecule has 0 fully saturated rings. The lowest BCUT2D eigenvalue weighted by Crippen LogP contribution is -3.02. The molecule has 1 aromatic rings. The number of allylic oxidation sites excluding steroid dienone is 4. The molecule has 1 aromatic heterocycles. The zero-order chi connectivity index (χ0) is 13.1. The third-order valence-electron chi connectivity index (χ3n) is 2.90. The van der Waals surface area contributed by atoms with Gasteiger partial charge in [-0.1, -0.05) is 6.08 Å². The molecule has 0 amide bonds. The molecule has 0 radical (unpaired) electrons. The van der Waals surface area contributed by atoms with E-state index in [1.54, 1.807) is 42.1 Å². The van der Waals surface area contributed by atoms with Gasteiger partial charge in [0.05, 0.1) is 13.2 Å². The molecule has 4 nitrogen and oxygen atoms in total. The first-order valence-corrected chi connectivity index (χ1v) is 5.72. The lowest BCUT2D eigenvalue weighted by atomic mass is 10.1. The second-order valence-corrected chi connectivity index (χ2v) is 4.19. The van der Waals surface area contributed by atoms with Crippen LogP contribution in [0.15, 0.2) is 60.3 Å². The van der Waals surface area contributed by atoms with E-state index < -0.39 is 0 Å². The summed E-state index contributed by atoms with van der Waals surface area (Å²) in [5.74, 6) is -0.581. The van der Waals surface area contributed by atoms with Gasteiger partial charge in [0.1, 0.15) is 7.05 Å². The van der Waals surface area contributed by atoms with Crippen molar-refractivity contribution < 1.29 is 19.4 Å². The Hall–Kier alpha value is -2.20. The van der Waals surface area contributed by atoms with Crippen LogP contribution < -0.4 is 9.47 Å². The number of hydrogen-bond acceptors (Lipinski definition) is 2. The Kier molecular flexibility index (Phi) is 3.39. The molecule has 92 valence electrons. The van der Waals surface area contributed by atoms with E-state index in [2.05, 4.69) is 0 Å². The minimum Gasteiger partial charge on any atom is -0.500 e. The number of aliphatic hydroxyl groups is 1. The number of carbonyl (C=O) groups is 1. The highest BCUT2D eigenvalue weighted by Crippen LogP contribution is 2.06. The fourth-order valence-corrected chi connectivity index (χ4v) is 1.84. The first kappa shape index (κ1) is 12.3. The largest absolute Gasteiger partial charge is 0.500 e. The number of pyridine rings is 1. The second kappa shape index (κ2) is 4.98. The molecule has 0 aromatic carbocycles. The van der Waals surface area contributed by atoms with Crippen molar-refractivity contribution in [1.82, 2.24) is 0 Å². The first-order chi connectivity index (χ1) is 8.61. The Bertz CT molecular complexity index is 571. The predicted molar refractivity (Wildman–Crippen MR) is 66.8 cm³/mol. The van der Waals surface area contributed by atoms with E-state index >= 15 is 0 Å². The highest BCUT2D eigenvalue weighted by molar-refractivity contribution is 6.05. The highest BCUT2D eigenvalue weighted by atomic mass is 16.3. The molecule has 18 heavy (non-hydrogen) atoms. The third-order valence-corrected chi connectivity index (χ3v) is 2.90. The molecule has 1 atom stereocenters. The van der Waals surface area contributed by atoms with Crippen molar-refractivity contribution in [3.63, 3.8) is 0 Å². The summed E-state index contributed by atoms with van der Waals surface area (Å²) in [5, 5.41) is 10.1. The highest BCUT2D eigenvalue weighted by Gasteiger charge is 2.26. The topological polar surface area (TPSA) is 45.6 Å². The fourth-order valence-electron chi connectivity index (χ4n) is 1.84. The number of likely N-dealkylation sites (N-methyl/N-ethyl adjacent to an activating group) is 1. The molecule has 4 heteroatoms. The predicted octanol–water partition coefficient (Wildman–Crippen LogP) is 0.0616. The normalized spacial score (nSPS) is 20.9. The molecule has 0 bridgehead atoms. The van der Waals surface area contributed by atoms with Gasteiger partial charge in [0, 0.05) is 18.2 Å². The third kappa shape index (κ3) is 2.24. The summed E-state index contributed by atoms with van der Waals surface area (Å²) in [7, 11) is 3.64. The zero-order valence-corrected chi connectivity index (χ0v) is 10.4. The number of aromatic nitrogens is 1. The monoisotopic (exact) mass is 244 g/mol. The molecule has 0 aliphatic carbocycles. The van der Waals surface area contributed by atoms with Crippen LogP contribution in [-0.4, -0.2) is 17.9 Å². The Balaban J connectivity index is 2.41. The molecule has 0 spiro atoms. The number of Topliss-reactive ketones (excluding diaryl/α,β-unsaturated/α-hetero) is 1. The lowest BCUT2D eigenvalue weighted by Gasteiger charge is -2.12. The number of quaternary nitrogens is 1. The summed E-state index contributed by atoms with van der Waals surface area (Å²) in [4.78, 5) is 13.1. The number of hydrogen-bond donors (Lipinski definition) is 2. The summed E-state index contributed by atoms with van der Waals surface area (Å²) in [6.45, 7) is 0. The summed E-state index contributed by atoms with van der Waals surface area (Å²) in [6, 6.07) is 5.30. The van der Waals surface area contributed by atoms with Gasteiger partial charge in [0.15, 0.2) is 11.9 Å². The average molecular weight is 244 g/mol. The fraction of sp³-hybridized carbons (Fsp3) is 0.143. The molecule has 1 unspecified atom stereocenters. The maximum Gasteiger partial charge on any atom is 0.297 e. The van der Waals surface area contributed by atoms with E-state index in [4.69, 9.17) is 0 Å². The SMILES string of the molecule is C[n+]1ccccc1C(=O)C(O)=C1C=CC=C[NH+]1C. The number of ketones is 1. The number of aliphatic hydroxyl groups excluding tert-OH is 1. The molecular weight excluding hydrogens is 228 g/mol. The van der Waals surface area contributed by atoms with Crippen LogP contribution >= 0.6 is 0 Å². The molecular formula is C14H16N2O2+2. The standard InChI is InChI=1S/C14H14N2O2/c1-15-9-5-3-7-11(15)13(17)14(18)12-8-4-6-10-16(12)2/h3-10H,1-2H3/p+2. The van der Waals surface area contributed by atoms with Crippen molar-refractivity contribution in [2.45, 2.75) is 0 Å². The van der Waals surface area contributed by atoms with Crippen molar-refractivity contribution in [2.75, 3.05) is 7.05 Å². The van der Waals surface area contributed by atoms with Gasteiger partial charge in [0.2, 0.25) is 5.76 Å². The molecule has 0 saturated heterocycles. The van der Waals surface area contributed by atoms with Gasteiger partial charge in [-0.05, 0) is 12.1 Å². The van der Waals surface area contributed by atoms with Crippen molar-refractivity contribution >= 4 is 5.78 Å². The number of rotatable bonds is 2. The Morgan fingerprint density at radius 1 is 1.33 bits per heavy atom. The quantitative estimate of drug-likeness (QED) is 0.334. The van der Waals surface area contributed by atoms with Crippen LogP contribution in [0.4, 0.5) is 0 Å². The Morgan fingerprint density at radius 3 is 2.78 bits per heavy atom. The first-order valence-electron chi connectivity index (χ1n) is 5.72. The van der Waals surface area contributed by atoms with Crippen molar-refractivity contribution in [3.05, 3.63) is 66.0 Å². The summed E-state index contributed by atoms with van der Waals surface area (Å²) < 4.78 is 1.69. The summed E-state index contributed by atoms with van der Waals surface area (Å²) in [6.07, 6.45) is 9.06. The van der Waals surface area contributed by atoms with Gasteiger partial charge < -0.3 is 5.11 Å². The van der Waals surface area contributed by atoms with Crippen LogP contribution in [0.2, 0.25) is 0 Å². The van der Waals surface area contributed by atoms with Gasteiger partial charge in [0.25, 0.3) is 11.5 Å². The average Bonchev–Trinajstić information content (AvgIpc) is 2.38. The zero-order valence-electron chi connectivity index (χ0n) is 10.4. The molecule has 2 heterocycles. The minimum atomic E-state index is -0.368. The smallest absolute Gasteiger partial charge is 0.297 e. The van der Waals surface area contributed by atoms with Crippen LogP contribution in [0.1, 0.15) is 10.5 Å². The van der Waals surface area contributed by atoms with Gasteiger partial charge >= 0.3 is 0 Å². The van der Waals surface area contributed by atoms with Gasteiger partial charge in [-0.15, -0.1) is 0 Å². The van der Waals surface area contributed by atoms with Crippen LogP contribution in [0.5, 0.6) is 0 Å². The summed E-state index contributed by atoms with van der Waals surface area (Å²) >= 11 is 0. The van der Waals surface area contributed by atoms with Crippen LogP contribution in [0.25, 0.3) is 0 Å². The van der Waals surface area contributed by atoms with E-state index in [1.165, 1.54) is 0 Å². The van der Waals surface area contributed by atoms with Crippen molar-refractivity contribution in [2.24, 2.45) is 7.05 Å². The van der Waals surface area contributed by atoms with Crippen LogP contribution in [0, 0.1) is 0 Å². The molecule has 2 N–H and O–H groups in total. The van der Waals surface area contributed by atoms with E-state index in [9.17, 15) is 9.90 Å². The van der Waals surface area contributed by atoms with E-state index in [-0.39, 0.29) is 11.5 Å². The Morgan fingerprint density at radius 2 is 2.11 bits per heavy atom. The van der Waals surface area contributed by atoms with Gasteiger partial charge in [-0.25, -0.2) is 0 Å². The van der Waals surface area contributed by atoms with E-state index in [0.717, 1.165) is 4.90 Å². The molecule has 0 saturated carbocycles. The van der Waals surface area contributed by atoms with E-state index in [1.807, 2.05) is 25.4 Å². The minimum absolute atomic E-state index is 0.213. The lowest BCUT2D eigenvalue weighted by molar-refractivity contribution is -0.779. The second-order valence-electron chi connectivity index (χ2n) is 4.19. The van der Waals surface area contributed by atoms with Crippen molar-refractivity contribution in [1.29, 1.82) is 0 Å². The number of carbonyl (C=O) groups excluding carboxylic acids is 1. The maximum absolute atomic E-state index is 12.2. The number of nitrogens with one attached hydrogen (secondary N) is 1. The van der Waals surface area contributed by atoms with Gasteiger partial charge in [-0.3, -0.25) is 9.69 Å². The van der Waals surface area contributed by atoms with Crippen molar-refractivity contribution in [3.8, 4) is 0 Å². The number of nitrogens with zero attached hydrogens (tertiary/aromatic N) is 1.